The maximum absolute atomic E-state index is 5.70. The minimum atomic E-state index is -0.273. The van der Waals surface area contributed by atoms with Gasteiger partial charge < -0.3 is 9.26 Å². The molecule has 3 heterocycles. The van der Waals surface area contributed by atoms with Crippen molar-refractivity contribution in [3.8, 4) is 10.7 Å². The molecule has 0 bridgehead atoms. The molecule has 1 aliphatic rings. The lowest BCUT2D eigenvalue weighted by atomic mass is 9.74. The number of hydrogen-bond acceptors (Lipinski definition) is 5. The van der Waals surface area contributed by atoms with Crippen LogP contribution < -0.4 is 0 Å². The van der Waals surface area contributed by atoms with Gasteiger partial charge >= 0.3 is 0 Å². The first-order valence-electron chi connectivity index (χ1n) is 7.50. The van der Waals surface area contributed by atoms with Gasteiger partial charge in [-0.2, -0.15) is 4.98 Å². The van der Waals surface area contributed by atoms with Crippen molar-refractivity contribution in [1.82, 2.24) is 10.1 Å². The van der Waals surface area contributed by atoms with E-state index in [0.717, 1.165) is 22.2 Å². The Kier molecular flexibility index (Phi) is 4.05. The number of halogens is 1. The molecule has 6 heteroatoms. The molecule has 3 aromatic rings. The van der Waals surface area contributed by atoms with Gasteiger partial charge in [-0.05, 0) is 42.0 Å². The van der Waals surface area contributed by atoms with Crippen molar-refractivity contribution in [2.24, 2.45) is 0 Å². The summed E-state index contributed by atoms with van der Waals surface area (Å²) in [5.41, 5.74) is 0.918. The minimum absolute atomic E-state index is 0.273. The van der Waals surface area contributed by atoms with E-state index >= 15 is 0 Å². The summed E-state index contributed by atoms with van der Waals surface area (Å²) in [5.74, 6) is 1.35. The van der Waals surface area contributed by atoms with E-state index in [1.807, 2.05) is 29.6 Å². The van der Waals surface area contributed by atoms with Crippen molar-refractivity contribution in [2.45, 2.75) is 18.3 Å². The van der Waals surface area contributed by atoms with E-state index in [2.05, 4.69) is 33.2 Å². The van der Waals surface area contributed by atoms with Crippen LogP contribution in [0.1, 0.15) is 24.3 Å². The molecule has 0 atom stereocenters. The summed E-state index contributed by atoms with van der Waals surface area (Å²) in [5, 5.41) is 6.22. The highest BCUT2D eigenvalue weighted by molar-refractivity contribution is 9.10. The first-order valence-corrected chi connectivity index (χ1v) is 9.17. The molecule has 1 aromatic carbocycles. The Bertz CT molecular complexity index is 795. The van der Waals surface area contributed by atoms with Gasteiger partial charge in [-0.15, -0.1) is 11.3 Å². The van der Waals surface area contributed by atoms with Crippen LogP contribution in [0.5, 0.6) is 0 Å². The summed E-state index contributed by atoms with van der Waals surface area (Å²) in [6, 6.07) is 12.4. The topological polar surface area (TPSA) is 48.2 Å². The summed E-state index contributed by atoms with van der Waals surface area (Å²) < 4.78 is 12.3. The molecule has 0 radical (unpaired) electrons. The van der Waals surface area contributed by atoms with E-state index < -0.39 is 0 Å². The van der Waals surface area contributed by atoms with Gasteiger partial charge in [0.25, 0.3) is 0 Å². The zero-order valence-electron chi connectivity index (χ0n) is 12.4. The lowest BCUT2D eigenvalue weighted by Gasteiger charge is -2.34. The summed E-state index contributed by atoms with van der Waals surface area (Å²) >= 11 is 5.18. The fourth-order valence-corrected chi connectivity index (χ4v) is 4.10. The highest BCUT2D eigenvalue weighted by Crippen LogP contribution is 2.41. The molecule has 4 rings (SSSR count). The molecule has 0 aliphatic carbocycles. The number of rotatable bonds is 3. The van der Waals surface area contributed by atoms with Crippen LogP contribution in [0.25, 0.3) is 10.7 Å². The van der Waals surface area contributed by atoms with Crippen molar-refractivity contribution >= 4 is 27.3 Å². The second kappa shape index (κ2) is 6.19. The van der Waals surface area contributed by atoms with Crippen molar-refractivity contribution in [3.05, 3.63) is 57.7 Å². The first-order chi connectivity index (χ1) is 11.3. The van der Waals surface area contributed by atoms with Crippen LogP contribution in [0, 0.1) is 0 Å². The highest BCUT2D eigenvalue weighted by Gasteiger charge is 2.41. The van der Waals surface area contributed by atoms with E-state index in [-0.39, 0.29) is 5.41 Å². The number of ether oxygens (including phenoxy) is 1. The molecule has 0 N–H and O–H groups in total. The Balaban J connectivity index is 1.80. The van der Waals surface area contributed by atoms with Gasteiger partial charge in [-0.25, -0.2) is 0 Å². The number of aromatic nitrogens is 2. The van der Waals surface area contributed by atoms with Gasteiger partial charge in [0.15, 0.2) is 0 Å². The van der Waals surface area contributed by atoms with Crippen LogP contribution in [-0.4, -0.2) is 23.4 Å². The van der Waals surface area contributed by atoms with Crippen LogP contribution >= 0.6 is 27.3 Å². The number of benzene rings is 1. The fraction of sp³-hybridized carbons (Fsp3) is 0.294. The number of thiophene rings is 1. The number of hydrogen-bond donors (Lipinski definition) is 0. The summed E-state index contributed by atoms with van der Waals surface area (Å²) in [4.78, 5) is 5.74. The molecule has 1 aliphatic heterocycles. The molecule has 0 saturated carbocycles. The van der Waals surface area contributed by atoms with Gasteiger partial charge in [0, 0.05) is 17.7 Å². The van der Waals surface area contributed by atoms with Gasteiger partial charge in [-0.3, -0.25) is 0 Å². The molecule has 0 amide bonds. The lowest BCUT2D eigenvalue weighted by molar-refractivity contribution is 0.0523. The average Bonchev–Trinajstić information content (AvgIpc) is 3.27. The molecule has 118 valence electrons. The molecule has 0 spiro atoms. The lowest BCUT2D eigenvalue weighted by Crippen LogP contribution is -2.35. The van der Waals surface area contributed by atoms with E-state index in [4.69, 9.17) is 14.2 Å². The van der Waals surface area contributed by atoms with E-state index in [1.54, 1.807) is 11.3 Å². The van der Waals surface area contributed by atoms with Crippen LogP contribution in [-0.2, 0) is 10.2 Å². The van der Waals surface area contributed by atoms with Crippen LogP contribution in [0.15, 0.2) is 50.8 Å². The Morgan fingerprint density at radius 1 is 1.13 bits per heavy atom. The van der Waals surface area contributed by atoms with Crippen LogP contribution in [0.2, 0.25) is 0 Å². The standard InChI is InChI=1S/C17H15BrN2O2S/c18-13-4-1-3-12(11-13)17(6-8-21-9-7-17)16-19-15(20-22-16)14-5-2-10-23-14/h1-5,10-11H,6-9H2. The minimum Gasteiger partial charge on any atom is -0.381 e. The van der Waals surface area contributed by atoms with E-state index in [1.165, 1.54) is 5.56 Å². The van der Waals surface area contributed by atoms with Crippen molar-refractivity contribution in [1.29, 1.82) is 0 Å². The highest BCUT2D eigenvalue weighted by atomic mass is 79.9. The third-order valence-corrected chi connectivity index (χ3v) is 5.66. The predicted molar refractivity (Wildman–Crippen MR) is 92.6 cm³/mol. The smallest absolute Gasteiger partial charge is 0.237 e. The van der Waals surface area contributed by atoms with Gasteiger partial charge in [0.1, 0.15) is 0 Å². The molecular weight excluding hydrogens is 376 g/mol. The quantitative estimate of drug-likeness (QED) is 0.652. The normalized spacial score (nSPS) is 17.3. The largest absolute Gasteiger partial charge is 0.381 e. The monoisotopic (exact) mass is 390 g/mol. The number of nitrogens with zero attached hydrogens (tertiary/aromatic N) is 2. The average molecular weight is 391 g/mol. The van der Waals surface area contributed by atoms with Crippen molar-refractivity contribution < 1.29 is 9.26 Å². The van der Waals surface area contributed by atoms with E-state index in [0.29, 0.717) is 24.9 Å². The fourth-order valence-electron chi connectivity index (χ4n) is 3.06. The molecule has 1 saturated heterocycles. The predicted octanol–water partition coefficient (Wildman–Crippen LogP) is 4.66. The van der Waals surface area contributed by atoms with Gasteiger partial charge in [-0.1, -0.05) is 39.3 Å². The van der Waals surface area contributed by atoms with Crippen LogP contribution in [0.3, 0.4) is 0 Å². The summed E-state index contributed by atoms with van der Waals surface area (Å²) in [6.45, 7) is 1.40. The maximum atomic E-state index is 5.70. The molecule has 23 heavy (non-hydrogen) atoms. The van der Waals surface area contributed by atoms with E-state index in [9.17, 15) is 0 Å². The summed E-state index contributed by atoms with van der Waals surface area (Å²) in [7, 11) is 0. The Morgan fingerprint density at radius 3 is 2.74 bits per heavy atom. The van der Waals surface area contributed by atoms with Crippen molar-refractivity contribution in [3.63, 3.8) is 0 Å². The van der Waals surface area contributed by atoms with Crippen molar-refractivity contribution in [2.75, 3.05) is 13.2 Å². The third-order valence-electron chi connectivity index (χ3n) is 4.30. The SMILES string of the molecule is Brc1cccc(C2(c3nc(-c4cccs4)no3)CCOCC2)c1. The molecule has 2 aromatic heterocycles. The second-order valence-corrected chi connectivity index (χ2v) is 7.47. The zero-order valence-corrected chi connectivity index (χ0v) is 14.8. The molecule has 1 fully saturated rings. The Labute approximate surface area is 146 Å². The summed E-state index contributed by atoms with van der Waals surface area (Å²) in [6.07, 6.45) is 1.69. The zero-order chi connectivity index (χ0) is 15.7. The molecular formula is C17H15BrN2O2S. The Morgan fingerprint density at radius 2 is 2.00 bits per heavy atom. The van der Waals surface area contributed by atoms with Gasteiger partial charge in [0.05, 0.1) is 10.3 Å². The molecule has 4 nitrogen and oxygen atoms in total. The third kappa shape index (κ3) is 2.75. The van der Waals surface area contributed by atoms with Gasteiger partial charge in [0.2, 0.25) is 11.7 Å². The first kappa shape index (κ1) is 15.1. The second-order valence-electron chi connectivity index (χ2n) is 5.61. The molecule has 0 unspecified atom stereocenters. The Hall–Kier alpha value is -1.50. The maximum Gasteiger partial charge on any atom is 0.237 e. The van der Waals surface area contributed by atoms with Crippen LogP contribution in [0.4, 0.5) is 0 Å².